The normalized spacial score (nSPS) is 30.3. The van der Waals surface area contributed by atoms with E-state index in [0.29, 0.717) is 17.9 Å². The molecular weight excluding hydrogens is 288 g/mol. The zero-order valence-corrected chi connectivity index (χ0v) is 13.5. The summed E-state index contributed by atoms with van der Waals surface area (Å²) >= 11 is 0. The van der Waals surface area contributed by atoms with Crippen LogP contribution in [-0.4, -0.2) is 22.1 Å². The quantitative estimate of drug-likeness (QED) is 0.797. The first-order valence-electron chi connectivity index (χ1n) is 8.62. The molecule has 23 heavy (non-hydrogen) atoms. The maximum atomic E-state index is 12.8. The highest BCUT2D eigenvalue weighted by molar-refractivity contribution is 5.96. The Morgan fingerprint density at radius 3 is 2.78 bits per heavy atom. The number of anilines is 1. The molecule has 1 aromatic carbocycles. The van der Waals surface area contributed by atoms with Gasteiger partial charge in [-0.25, -0.2) is 0 Å². The first kappa shape index (κ1) is 14.7. The molecule has 2 unspecified atom stereocenters. The molecule has 5 nitrogen and oxygen atoms in total. The van der Waals surface area contributed by atoms with Crippen LogP contribution in [0.1, 0.15) is 37.7 Å². The average Bonchev–Trinajstić information content (AvgIpc) is 2.94. The number of benzene rings is 1. The van der Waals surface area contributed by atoms with Gasteiger partial charge in [0.15, 0.2) is 0 Å². The number of carbonyl (C=O) groups excluding carboxylic acids is 1. The molecule has 2 atom stereocenters. The van der Waals surface area contributed by atoms with Crippen LogP contribution in [0, 0.1) is 24.7 Å². The first-order valence-corrected chi connectivity index (χ1v) is 8.62. The molecule has 0 radical (unpaired) electrons. The van der Waals surface area contributed by atoms with E-state index in [0.717, 1.165) is 35.0 Å². The number of carbonyl (C=O) groups is 1. The number of H-pyrrole nitrogens is 1. The zero-order valence-electron chi connectivity index (χ0n) is 13.5. The monoisotopic (exact) mass is 312 g/mol. The summed E-state index contributed by atoms with van der Waals surface area (Å²) < 4.78 is 0. The lowest BCUT2D eigenvalue weighted by atomic mass is 9.65. The Bertz CT molecular complexity index is 724. The Kier molecular flexibility index (Phi) is 3.60. The first-order chi connectivity index (χ1) is 11.1. The molecule has 2 aliphatic carbocycles. The second-order valence-electron chi connectivity index (χ2n) is 7.31. The number of aryl methyl sites for hydroxylation is 1. The van der Waals surface area contributed by atoms with Gasteiger partial charge in [-0.2, -0.15) is 5.10 Å². The van der Waals surface area contributed by atoms with Crippen molar-refractivity contribution < 1.29 is 4.79 Å². The van der Waals surface area contributed by atoms with Crippen LogP contribution < -0.4 is 11.1 Å². The van der Waals surface area contributed by atoms with Crippen LogP contribution in [0.5, 0.6) is 0 Å². The van der Waals surface area contributed by atoms with E-state index in [2.05, 4.69) is 21.6 Å². The van der Waals surface area contributed by atoms with Crippen molar-refractivity contribution in [3.63, 3.8) is 0 Å². The Labute approximate surface area is 136 Å². The third-order valence-corrected chi connectivity index (χ3v) is 5.83. The van der Waals surface area contributed by atoms with Crippen molar-refractivity contribution >= 4 is 22.5 Å². The van der Waals surface area contributed by atoms with E-state index in [1.165, 1.54) is 19.3 Å². The van der Waals surface area contributed by atoms with Crippen molar-refractivity contribution in [2.24, 2.45) is 23.5 Å². The van der Waals surface area contributed by atoms with Crippen molar-refractivity contribution in [1.29, 1.82) is 0 Å². The largest absolute Gasteiger partial charge is 0.327 e. The van der Waals surface area contributed by atoms with Gasteiger partial charge in [-0.05, 0) is 62.1 Å². The minimum atomic E-state index is 0.0990. The number of nitrogens with two attached hydrogens (primary N) is 1. The van der Waals surface area contributed by atoms with E-state index in [1.54, 1.807) is 6.20 Å². The number of rotatable bonds is 2. The van der Waals surface area contributed by atoms with Gasteiger partial charge in [0.2, 0.25) is 5.91 Å². The molecule has 2 saturated carbocycles. The van der Waals surface area contributed by atoms with Crippen LogP contribution in [0.2, 0.25) is 0 Å². The van der Waals surface area contributed by atoms with Crippen LogP contribution >= 0.6 is 0 Å². The molecule has 0 saturated heterocycles. The second-order valence-corrected chi connectivity index (χ2v) is 7.31. The summed E-state index contributed by atoms with van der Waals surface area (Å²) in [4.78, 5) is 12.8. The topological polar surface area (TPSA) is 83.8 Å². The van der Waals surface area contributed by atoms with Crippen molar-refractivity contribution in [1.82, 2.24) is 10.2 Å². The zero-order chi connectivity index (χ0) is 16.0. The Morgan fingerprint density at radius 2 is 2.04 bits per heavy atom. The van der Waals surface area contributed by atoms with E-state index in [9.17, 15) is 4.79 Å². The third-order valence-electron chi connectivity index (χ3n) is 5.83. The smallest absolute Gasteiger partial charge is 0.227 e. The predicted molar refractivity (Wildman–Crippen MR) is 91.0 cm³/mol. The van der Waals surface area contributed by atoms with Crippen LogP contribution in [-0.2, 0) is 4.79 Å². The van der Waals surface area contributed by atoms with Gasteiger partial charge in [-0.3, -0.25) is 9.89 Å². The Balaban J connectivity index is 1.51. The minimum absolute atomic E-state index is 0.0990. The number of fused-ring (bicyclic) bond motifs is 3. The van der Waals surface area contributed by atoms with Gasteiger partial charge < -0.3 is 11.1 Å². The molecule has 2 bridgehead atoms. The maximum Gasteiger partial charge on any atom is 0.227 e. The van der Waals surface area contributed by atoms with Crippen LogP contribution in [0.3, 0.4) is 0 Å². The van der Waals surface area contributed by atoms with E-state index >= 15 is 0 Å². The predicted octanol–water partition coefficient (Wildman–Crippen LogP) is 2.96. The molecule has 2 aromatic rings. The molecule has 4 N–H and O–H groups in total. The number of hydrogen-bond acceptors (Lipinski definition) is 3. The highest BCUT2D eigenvalue weighted by atomic mass is 16.1. The van der Waals surface area contributed by atoms with Gasteiger partial charge in [0.25, 0.3) is 0 Å². The lowest BCUT2D eigenvalue weighted by Crippen LogP contribution is -2.48. The molecule has 122 valence electrons. The summed E-state index contributed by atoms with van der Waals surface area (Å²) in [7, 11) is 0. The second kappa shape index (κ2) is 5.64. The summed E-state index contributed by atoms with van der Waals surface area (Å²) in [6.07, 6.45) is 7.31. The van der Waals surface area contributed by atoms with Crippen molar-refractivity contribution in [2.75, 3.05) is 5.32 Å². The summed E-state index contributed by atoms with van der Waals surface area (Å²) in [5.41, 5.74) is 9.23. The number of hydrogen-bond donors (Lipinski definition) is 3. The molecule has 5 heteroatoms. The van der Waals surface area contributed by atoms with E-state index in [4.69, 9.17) is 5.73 Å². The molecule has 2 aliphatic rings. The SMILES string of the molecule is Cc1cc2cn[nH]c2cc1NC(=O)C1CC2CCCC(C1)C2N. The molecule has 1 heterocycles. The fourth-order valence-electron chi connectivity index (χ4n) is 4.48. The molecule has 2 fully saturated rings. The number of aromatic amines is 1. The van der Waals surface area contributed by atoms with Crippen molar-refractivity contribution in [2.45, 2.75) is 45.1 Å². The van der Waals surface area contributed by atoms with Crippen LogP contribution in [0.4, 0.5) is 5.69 Å². The summed E-state index contributed by atoms with van der Waals surface area (Å²) in [5.74, 6) is 1.29. The van der Waals surface area contributed by atoms with Crippen LogP contribution in [0.25, 0.3) is 10.9 Å². The molecule has 1 amide bonds. The van der Waals surface area contributed by atoms with E-state index < -0.39 is 0 Å². The molecule has 0 spiro atoms. The third kappa shape index (κ3) is 2.63. The van der Waals surface area contributed by atoms with Crippen molar-refractivity contribution in [3.05, 3.63) is 23.9 Å². The fourth-order valence-corrected chi connectivity index (χ4v) is 4.48. The standard InChI is InChI=1S/C18H24N4O/c1-10-5-14-9-20-22-16(14)8-15(10)21-18(23)13-6-11-3-2-4-12(7-13)17(11)19/h5,8-9,11-13,17H,2-4,6-7,19H2,1H3,(H,20,22)(H,21,23). The summed E-state index contributed by atoms with van der Waals surface area (Å²) in [6.45, 7) is 2.02. The summed E-state index contributed by atoms with van der Waals surface area (Å²) in [5, 5.41) is 11.2. The van der Waals surface area contributed by atoms with E-state index in [1.807, 2.05) is 13.0 Å². The lowest BCUT2D eigenvalue weighted by molar-refractivity contribution is -0.122. The Morgan fingerprint density at radius 1 is 1.30 bits per heavy atom. The number of nitrogens with one attached hydrogen (secondary N) is 2. The van der Waals surface area contributed by atoms with Gasteiger partial charge in [-0.1, -0.05) is 6.42 Å². The molecule has 0 aliphatic heterocycles. The highest BCUT2D eigenvalue weighted by Gasteiger charge is 2.40. The van der Waals surface area contributed by atoms with Gasteiger partial charge in [0.1, 0.15) is 0 Å². The number of nitrogens with zero attached hydrogens (tertiary/aromatic N) is 1. The van der Waals surface area contributed by atoms with Gasteiger partial charge in [-0.15, -0.1) is 0 Å². The van der Waals surface area contributed by atoms with Gasteiger partial charge in [0.05, 0.1) is 11.7 Å². The molecular formula is C18H24N4O. The van der Waals surface area contributed by atoms with Crippen molar-refractivity contribution in [3.8, 4) is 0 Å². The number of aromatic nitrogens is 2. The lowest BCUT2D eigenvalue weighted by Gasteiger charge is -2.43. The highest BCUT2D eigenvalue weighted by Crippen LogP contribution is 2.42. The average molecular weight is 312 g/mol. The van der Waals surface area contributed by atoms with Gasteiger partial charge >= 0.3 is 0 Å². The Hall–Kier alpha value is -1.88. The number of amides is 1. The molecule has 4 rings (SSSR count). The maximum absolute atomic E-state index is 12.8. The minimum Gasteiger partial charge on any atom is -0.327 e. The molecule has 1 aromatic heterocycles. The summed E-state index contributed by atoms with van der Waals surface area (Å²) in [6, 6.07) is 4.33. The fraction of sp³-hybridized carbons (Fsp3) is 0.556. The van der Waals surface area contributed by atoms with Gasteiger partial charge in [0, 0.05) is 23.0 Å². The van der Waals surface area contributed by atoms with Crippen LogP contribution in [0.15, 0.2) is 18.3 Å². The van der Waals surface area contributed by atoms with E-state index in [-0.39, 0.29) is 11.8 Å².